The van der Waals surface area contributed by atoms with Crippen molar-refractivity contribution in [2.24, 2.45) is 0 Å². The maximum Gasteiger partial charge on any atom is 0.267 e. The molecule has 4 rings (SSSR count). The molecule has 0 saturated carbocycles. The van der Waals surface area contributed by atoms with Crippen molar-refractivity contribution < 1.29 is 9.18 Å². The third-order valence-electron chi connectivity index (χ3n) is 4.30. The summed E-state index contributed by atoms with van der Waals surface area (Å²) >= 11 is 1.29. The number of hydrogen-bond acceptors (Lipinski definition) is 4. The monoisotopic (exact) mass is 403 g/mol. The van der Waals surface area contributed by atoms with Crippen LogP contribution >= 0.6 is 11.3 Å². The van der Waals surface area contributed by atoms with E-state index in [1.165, 1.54) is 23.5 Å². The fourth-order valence-corrected chi connectivity index (χ4v) is 3.80. The van der Waals surface area contributed by atoms with Gasteiger partial charge in [-0.05, 0) is 67.6 Å². The number of rotatable bonds is 5. The summed E-state index contributed by atoms with van der Waals surface area (Å²) in [5, 5.41) is 6.90. The first kappa shape index (κ1) is 18.8. The molecule has 0 spiro atoms. The Labute approximate surface area is 172 Å². The highest BCUT2D eigenvalue weighted by Crippen LogP contribution is 2.29. The second kappa shape index (κ2) is 8.24. The van der Waals surface area contributed by atoms with E-state index >= 15 is 0 Å². The number of carbonyl (C=O) groups excluding carboxylic acids is 1. The first-order valence-corrected chi connectivity index (χ1v) is 9.87. The van der Waals surface area contributed by atoms with Crippen LogP contribution in [0.2, 0.25) is 0 Å². The Bertz CT molecular complexity index is 1120. The highest BCUT2D eigenvalue weighted by atomic mass is 32.1. The van der Waals surface area contributed by atoms with E-state index in [0.29, 0.717) is 21.3 Å². The molecule has 3 aromatic carbocycles. The van der Waals surface area contributed by atoms with Crippen LogP contribution in [0.25, 0.3) is 10.6 Å². The Morgan fingerprint density at radius 1 is 0.862 bits per heavy atom. The molecular weight excluding hydrogens is 385 g/mol. The summed E-state index contributed by atoms with van der Waals surface area (Å²) in [7, 11) is 0. The number of benzene rings is 3. The van der Waals surface area contributed by atoms with Crippen molar-refractivity contribution in [3.05, 3.63) is 95.3 Å². The van der Waals surface area contributed by atoms with E-state index in [9.17, 15) is 9.18 Å². The van der Waals surface area contributed by atoms with Gasteiger partial charge in [-0.3, -0.25) is 4.79 Å². The molecule has 4 nitrogen and oxygen atoms in total. The lowest BCUT2D eigenvalue weighted by atomic mass is 10.2. The van der Waals surface area contributed by atoms with Crippen LogP contribution in [0.4, 0.5) is 21.5 Å². The van der Waals surface area contributed by atoms with Crippen LogP contribution in [0.15, 0.2) is 78.9 Å². The average Bonchev–Trinajstić information content (AvgIpc) is 3.12. The summed E-state index contributed by atoms with van der Waals surface area (Å²) in [5.41, 5.74) is 4.06. The zero-order valence-corrected chi connectivity index (χ0v) is 16.5. The van der Waals surface area contributed by atoms with Crippen molar-refractivity contribution in [3.8, 4) is 10.6 Å². The lowest BCUT2D eigenvalue weighted by Crippen LogP contribution is -2.11. The highest BCUT2D eigenvalue weighted by molar-refractivity contribution is 7.17. The minimum Gasteiger partial charge on any atom is -0.356 e. The summed E-state index contributed by atoms with van der Waals surface area (Å²) in [4.78, 5) is 17.7. The summed E-state index contributed by atoms with van der Waals surface area (Å²) in [6.45, 7) is 1.80. The van der Waals surface area contributed by atoms with Crippen molar-refractivity contribution in [2.45, 2.75) is 6.92 Å². The molecular formula is C23H18FN3OS. The number of halogens is 1. The van der Waals surface area contributed by atoms with Gasteiger partial charge in [0.2, 0.25) is 0 Å². The van der Waals surface area contributed by atoms with Gasteiger partial charge in [-0.15, -0.1) is 11.3 Å². The Kier molecular flexibility index (Phi) is 5.35. The molecule has 0 fully saturated rings. The number of aromatic nitrogens is 1. The van der Waals surface area contributed by atoms with E-state index in [0.717, 1.165) is 16.9 Å². The summed E-state index contributed by atoms with van der Waals surface area (Å²) in [6.07, 6.45) is 0. The van der Waals surface area contributed by atoms with Gasteiger partial charge < -0.3 is 10.6 Å². The predicted octanol–water partition coefficient (Wildman–Crippen LogP) is 6.25. The summed E-state index contributed by atoms with van der Waals surface area (Å²) in [5.74, 6) is -0.512. The largest absolute Gasteiger partial charge is 0.356 e. The molecule has 144 valence electrons. The van der Waals surface area contributed by atoms with Crippen LogP contribution in [0.5, 0.6) is 0 Å². The van der Waals surface area contributed by atoms with Gasteiger partial charge in [-0.1, -0.05) is 18.2 Å². The third-order valence-corrected chi connectivity index (χ3v) is 5.50. The van der Waals surface area contributed by atoms with E-state index < -0.39 is 0 Å². The van der Waals surface area contributed by atoms with Crippen molar-refractivity contribution in [3.63, 3.8) is 0 Å². The molecule has 0 radical (unpaired) electrons. The Hall–Kier alpha value is -3.51. The molecule has 6 heteroatoms. The van der Waals surface area contributed by atoms with E-state index in [4.69, 9.17) is 0 Å². The van der Waals surface area contributed by atoms with Crippen LogP contribution in [-0.2, 0) is 0 Å². The quantitative estimate of drug-likeness (QED) is 0.414. The van der Waals surface area contributed by atoms with E-state index in [-0.39, 0.29) is 11.7 Å². The van der Waals surface area contributed by atoms with E-state index in [1.54, 1.807) is 19.1 Å². The van der Waals surface area contributed by atoms with Gasteiger partial charge in [-0.2, -0.15) is 0 Å². The average molecular weight is 403 g/mol. The van der Waals surface area contributed by atoms with Gasteiger partial charge >= 0.3 is 0 Å². The first-order chi connectivity index (χ1) is 14.1. The van der Waals surface area contributed by atoms with Crippen LogP contribution in [-0.4, -0.2) is 10.9 Å². The number of aryl methyl sites for hydroxylation is 1. The molecule has 0 aliphatic heterocycles. The molecule has 1 aromatic heterocycles. The molecule has 0 saturated heterocycles. The molecule has 0 unspecified atom stereocenters. The highest BCUT2D eigenvalue weighted by Gasteiger charge is 2.16. The molecule has 1 heterocycles. The standard InChI is InChI=1S/C23H18FN3OS/c1-15-21(29-23(25-15)16-7-9-17(24)10-8-16)22(28)27-20-13-11-19(12-14-20)26-18-5-3-2-4-6-18/h2-14,26H,1H3,(H,27,28). The maximum atomic E-state index is 13.1. The zero-order valence-electron chi connectivity index (χ0n) is 15.6. The molecule has 4 aromatic rings. The Morgan fingerprint density at radius 2 is 1.48 bits per heavy atom. The van der Waals surface area contributed by atoms with Gasteiger partial charge in [0.1, 0.15) is 15.7 Å². The van der Waals surface area contributed by atoms with Gasteiger partial charge in [0, 0.05) is 22.6 Å². The van der Waals surface area contributed by atoms with Crippen LogP contribution in [0, 0.1) is 12.7 Å². The molecule has 0 aliphatic rings. The van der Waals surface area contributed by atoms with E-state index in [2.05, 4.69) is 15.6 Å². The lowest BCUT2D eigenvalue weighted by molar-refractivity contribution is 0.103. The van der Waals surface area contributed by atoms with Crippen molar-refractivity contribution >= 4 is 34.3 Å². The van der Waals surface area contributed by atoms with Crippen molar-refractivity contribution in [2.75, 3.05) is 10.6 Å². The number of para-hydroxylation sites is 1. The molecule has 0 bridgehead atoms. The van der Waals surface area contributed by atoms with Crippen molar-refractivity contribution in [1.29, 1.82) is 0 Å². The fourth-order valence-electron chi connectivity index (χ4n) is 2.84. The molecule has 0 atom stereocenters. The smallest absolute Gasteiger partial charge is 0.267 e. The SMILES string of the molecule is Cc1nc(-c2ccc(F)cc2)sc1C(=O)Nc1ccc(Nc2ccccc2)cc1. The first-order valence-electron chi connectivity index (χ1n) is 9.05. The lowest BCUT2D eigenvalue weighted by Gasteiger charge is -2.08. The number of carbonyl (C=O) groups is 1. The second-order valence-corrected chi connectivity index (χ2v) is 7.46. The van der Waals surface area contributed by atoms with Gasteiger partial charge in [0.05, 0.1) is 5.69 Å². The minimum atomic E-state index is -0.301. The molecule has 29 heavy (non-hydrogen) atoms. The summed E-state index contributed by atoms with van der Waals surface area (Å²) < 4.78 is 13.1. The third kappa shape index (κ3) is 4.50. The second-order valence-electron chi connectivity index (χ2n) is 6.46. The molecule has 1 amide bonds. The number of nitrogens with zero attached hydrogens (tertiary/aromatic N) is 1. The zero-order chi connectivity index (χ0) is 20.2. The van der Waals surface area contributed by atoms with Crippen molar-refractivity contribution in [1.82, 2.24) is 4.98 Å². The number of amides is 1. The maximum absolute atomic E-state index is 13.1. The van der Waals surface area contributed by atoms with E-state index in [1.807, 2.05) is 54.6 Å². The van der Waals surface area contributed by atoms with Gasteiger partial charge in [0.15, 0.2) is 0 Å². The van der Waals surface area contributed by atoms with Crippen LogP contribution in [0.1, 0.15) is 15.4 Å². The number of thiazole rings is 1. The number of anilines is 3. The minimum absolute atomic E-state index is 0.211. The Morgan fingerprint density at radius 3 is 2.17 bits per heavy atom. The normalized spacial score (nSPS) is 10.6. The Balaban J connectivity index is 1.46. The van der Waals surface area contributed by atoms with Crippen LogP contribution < -0.4 is 10.6 Å². The number of nitrogens with one attached hydrogen (secondary N) is 2. The van der Waals surface area contributed by atoms with Crippen LogP contribution in [0.3, 0.4) is 0 Å². The molecule has 0 aliphatic carbocycles. The summed E-state index contributed by atoms with van der Waals surface area (Å²) in [6, 6.07) is 23.5. The topological polar surface area (TPSA) is 54.0 Å². The predicted molar refractivity (Wildman–Crippen MR) is 116 cm³/mol. The number of hydrogen-bond donors (Lipinski definition) is 2. The fraction of sp³-hybridized carbons (Fsp3) is 0.0435. The van der Waals surface area contributed by atoms with Gasteiger partial charge in [-0.25, -0.2) is 9.37 Å². The molecule has 2 N–H and O–H groups in total. The van der Waals surface area contributed by atoms with Gasteiger partial charge in [0.25, 0.3) is 5.91 Å².